The van der Waals surface area contributed by atoms with Gasteiger partial charge in [0.05, 0.1) is 0 Å². The molecule has 62 valence electrons. The van der Waals surface area contributed by atoms with Crippen LogP contribution in [-0.4, -0.2) is 12.3 Å². The molecule has 0 spiro atoms. The Kier molecular flexibility index (Phi) is 2.83. The third-order valence-electron chi connectivity index (χ3n) is 2.28. The van der Waals surface area contributed by atoms with Crippen molar-refractivity contribution in [1.82, 2.24) is 0 Å². The minimum absolute atomic E-state index is 0.132. The number of hydrogen-bond donors (Lipinski definition) is 1. The minimum atomic E-state index is 0.132. The van der Waals surface area contributed by atoms with Gasteiger partial charge in [0.25, 0.3) is 0 Å². The number of ketones is 1. The van der Waals surface area contributed by atoms with Gasteiger partial charge < -0.3 is 5.73 Å². The molecule has 1 saturated carbocycles. The van der Waals surface area contributed by atoms with E-state index in [2.05, 4.69) is 6.58 Å². The molecule has 0 radical (unpaired) electrons. The minimum Gasteiger partial charge on any atom is -0.330 e. The van der Waals surface area contributed by atoms with Crippen molar-refractivity contribution in [2.45, 2.75) is 19.3 Å². The van der Waals surface area contributed by atoms with Gasteiger partial charge in [0.2, 0.25) is 0 Å². The molecule has 2 heteroatoms. The maximum Gasteiger partial charge on any atom is 0.155 e. The third kappa shape index (κ3) is 2.46. The Hall–Kier alpha value is -0.630. The summed E-state index contributed by atoms with van der Waals surface area (Å²) in [6.07, 6.45) is 4.51. The SMILES string of the molecule is C=CC(=O)CC(CN)C1CC1. The van der Waals surface area contributed by atoms with Gasteiger partial charge in [-0.1, -0.05) is 6.58 Å². The molecule has 1 unspecified atom stereocenters. The number of nitrogens with two attached hydrogens (primary N) is 1. The first-order valence-corrected chi connectivity index (χ1v) is 4.13. The smallest absolute Gasteiger partial charge is 0.155 e. The highest BCUT2D eigenvalue weighted by Gasteiger charge is 2.30. The molecule has 11 heavy (non-hydrogen) atoms. The molecule has 0 amide bonds. The molecule has 0 aromatic rings. The Balaban J connectivity index is 2.30. The molecule has 0 saturated heterocycles. The van der Waals surface area contributed by atoms with Crippen molar-refractivity contribution in [3.05, 3.63) is 12.7 Å². The highest BCUT2D eigenvalue weighted by atomic mass is 16.1. The van der Waals surface area contributed by atoms with E-state index in [1.807, 2.05) is 0 Å². The highest BCUT2D eigenvalue weighted by molar-refractivity contribution is 5.89. The van der Waals surface area contributed by atoms with E-state index in [0.29, 0.717) is 18.9 Å². The van der Waals surface area contributed by atoms with E-state index in [1.54, 1.807) is 0 Å². The Bertz CT molecular complexity index is 161. The van der Waals surface area contributed by atoms with E-state index in [4.69, 9.17) is 5.73 Å². The molecule has 0 aromatic heterocycles. The van der Waals surface area contributed by atoms with Crippen LogP contribution in [0.5, 0.6) is 0 Å². The van der Waals surface area contributed by atoms with Gasteiger partial charge in [-0.05, 0) is 37.3 Å². The van der Waals surface area contributed by atoms with Gasteiger partial charge in [0.15, 0.2) is 5.78 Å². The molecule has 1 rings (SSSR count). The lowest BCUT2D eigenvalue weighted by Gasteiger charge is -2.10. The van der Waals surface area contributed by atoms with Gasteiger partial charge in [-0.2, -0.15) is 0 Å². The lowest BCUT2D eigenvalue weighted by atomic mass is 9.97. The molecule has 1 fully saturated rings. The molecule has 0 heterocycles. The molecule has 0 aromatic carbocycles. The first-order chi connectivity index (χ1) is 5.27. The summed E-state index contributed by atoms with van der Waals surface area (Å²) in [5.74, 6) is 1.27. The largest absolute Gasteiger partial charge is 0.330 e. The van der Waals surface area contributed by atoms with Crippen molar-refractivity contribution < 1.29 is 4.79 Å². The van der Waals surface area contributed by atoms with Crippen LogP contribution < -0.4 is 5.73 Å². The second kappa shape index (κ2) is 3.67. The van der Waals surface area contributed by atoms with Gasteiger partial charge in [-0.15, -0.1) is 0 Å². The maximum absolute atomic E-state index is 10.9. The lowest BCUT2D eigenvalue weighted by molar-refractivity contribution is -0.115. The molecule has 1 aliphatic carbocycles. The molecule has 1 aliphatic rings. The summed E-state index contributed by atoms with van der Waals surface area (Å²) in [7, 11) is 0. The second-order valence-electron chi connectivity index (χ2n) is 3.21. The molecule has 2 N–H and O–H groups in total. The molecule has 2 nitrogen and oxygen atoms in total. The number of carbonyl (C=O) groups is 1. The molecular weight excluding hydrogens is 138 g/mol. The Morgan fingerprint density at radius 2 is 2.36 bits per heavy atom. The number of rotatable bonds is 5. The first-order valence-electron chi connectivity index (χ1n) is 4.13. The predicted octanol–water partition coefficient (Wildman–Crippen LogP) is 1.12. The Labute approximate surface area is 67.5 Å². The van der Waals surface area contributed by atoms with Crippen LogP contribution in [0, 0.1) is 11.8 Å². The Morgan fingerprint density at radius 3 is 2.73 bits per heavy atom. The average molecular weight is 153 g/mol. The van der Waals surface area contributed by atoms with Gasteiger partial charge >= 0.3 is 0 Å². The Morgan fingerprint density at radius 1 is 1.73 bits per heavy atom. The maximum atomic E-state index is 10.9. The first kappa shape index (κ1) is 8.47. The van der Waals surface area contributed by atoms with Crippen molar-refractivity contribution >= 4 is 5.78 Å². The van der Waals surface area contributed by atoms with Crippen molar-refractivity contribution in [2.24, 2.45) is 17.6 Å². The summed E-state index contributed by atoms with van der Waals surface area (Å²) >= 11 is 0. The fourth-order valence-electron chi connectivity index (χ4n) is 1.35. The third-order valence-corrected chi connectivity index (χ3v) is 2.28. The van der Waals surface area contributed by atoms with Crippen LogP contribution >= 0.6 is 0 Å². The summed E-state index contributed by atoms with van der Waals surface area (Å²) in [6, 6.07) is 0. The van der Waals surface area contributed by atoms with Crippen LogP contribution in [0.1, 0.15) is 19.3 Å². The zero-order chi connectivity index (χ0) is 8.27. The fraction of sp³-hybridized carbons (Fsp3) is 0.667. The number of hydrogen-bond acceptors (Lipinski definition) is 2. The van der Waals surface area contributed by atoms with E-state index in [1.165, 1.54) is 18.9 Å². The van der Waals surface area contributed by atoms with Crippen molar-refractivity contribution in [2.75, 3.05) is 6.54 Å². The summed E-state index contributed by atoms with van der Waals surface area (Å²) in [6.45, 7) is 4.08. The van der Waals surface area contributed by atoms with Gasteiger partial charge in [0.1, 0.15) is 0 Å². The van der Waals surface area contributed by atoms with Crippen LogP contribution in [0.3, 0.4) is 0 Å². The van der Waals surface area contributed by atoms with Crippen LogP contribution in [0.25, 0.3) is 0 Å². The van der Waals surface area contributed by atoms with E-state index in [9.17, 15) is 4.79 Å². The van der Waals surface area contributed by atoms with Crippen molar-refractivity contribution in [1.29, 1.82) is 0 Å². The van der Waals surface area contributed by atoms with Gasteiger partial charge in [0, 0.05) is 6.42 Å². The average Bonchev–Trinajstić information content (AvgIpc) is 2.82. The standard InChI is InChI=1S/C9H15NO/c1-2-9(11)5-8(6-10)7-3-4-7/h2,7-8H,1,3-6,10H2. The number of carbonyl (C=O) groups excluding carboxylic acids is 1. The van der Waals surface area contributed by atoms with Crippen LogP contribution in [0.15, 0.2) is 12.7 Å². The molecule has 0 aliphatic heterocycles. The summed E-state index contributed by atoms with van der Waals surface area (Å²) in [5, 5.41) is 0. The van der Waals surface area contributed by atoms with Gasteiger partial charge in [-0.25, -0.2) is 0 Å². The van der Waals surface area contributed by atoms with Crippen molar-refractivity contribution in [3.8, 4) is 0 Å². The fourth-order valence-corrected chi connectivity index (χ4v) is 1.35. The highest BCUT2D eigenvalue weighted by Crippen LogP contribution is 2.37. The molecule has 1 atom stereocenters. The molecular formula is C9H15NO. The van der Waals surface area contributed by atoms with Gasteiger partial charge in [-0.3, -0.25) is 4.79 Å². The topological polar surface area (TPSA) is 43.1 Å². The zero-order valence-corrected chi connectivity index (χ0v) is 6.75. The van der Waals surface area contributed by atoms with Crippen LogP contribution in [0.4, 0.5) is 0 Å². The zero-order valence-electron chi connectivity index (χ0n) is 6.75. The van der Waals surface area contributed by atoms with Crippen molar-refractivity contribution in [3.63, 3.8) is 0 Å². The summed E-state index contributed by atoms with van der Waals surface area (Å²) in [4.78, 5) is 10.9. The quantitative estimate of drug-likeness (QED) is 0.601. The van der Waals surface area contributed by atoms with E-state index < -0.39 is 0 Å². The monoisotopic (exact) mass is 153 g/mol. The molecule has 0 bridgehead atoms. The van der Waals surface area contributed by atoms with Crippen LogP contribution in [-0.2, 0) is 4.79 Å². The van der Waals surface area contributed by atoms with E-state index in [0.717, 1.165) is 5.92 Å². The predicted molar refractivity (Wildman–Crippen MR) is 45.1 cm³/mol. The summed E-state index contributed by atoms with van der Waals surface area (Å²) in [5.41, 5.74) is 5.53. The second-order valence-corrected chi connectivity index (χ2v) is 3.21. The van der Waals surface area contributed by atoms with Crippen LogP contribution in [0.2, 0.25) is 0 Å². The lowest BCUT2D eigenvalue weighted by Crippen LogP contribution is -2.19. The van der Waals surface area contributed by atoms with E-state index in [-0.39, 0.29) is 5.78 Å². The summed E-state index contributed by atoms with van der Waals surface area (Å²) < 4.78 is 0. The van der Waals surface area contributed by atoms with E-state index >= 15 is 0 Å². The normalized spacial score (nSPS) is 19.4. The number of allylic oxidation sites excluding steroid dienone is 1.